The average Bonchev–Trinajstić information content (AvgIpc) is 3.30. The Morgan fingerprint density at radius 1 is 1.24 bits per heavy atom. The largest absolute Gasteiger partial charge is 0.507 e. The van der Waals surface area contributed by atoms with E-state index >= 15 is 0 Å². The highest BCUT2D eigenvalue weighted by Crippen LogP contribution is 2.69. The number of carbonyl (C=O) groups excluding carboxylic acids is 2. The van der Waals surface area contributed by atoms with Crippen LogP contribution in [0.2, 0.25) is 0 Å². The summed E-state index contributed by atoms with van der Waals surface area (Å²) >= 11 is 0. The van der Waals surface area contributed by atoms with Gasteiger partial charge in [-0.25, -0.2) is 0 Å². The third-order valence-corrected chi connectivity index (χ3v) is 8.66. The number of aromatic hydroxyl groups is 1. The molecule has 1 aromatic carbocycles. The molecule has 1 spiro atoms. The summed E-state index contributed by atoms with van der Waals surface area (Å²) in [6.07, 6.45) is 4.00. The molecule has 3 heterocycles. The number of rotatable bonds is 4. The van der Waals surface area contributed by atoms with E-state index in [1.54, 1.807) is 26.0 Å². The van der Waals surface area contributed by atoms with Crippen LogP contribution >= 0.6 is 0 Å². The first-order chi connectivity index (χ1) is 17.1. The molecule has 8 heteroatoms. The fourth-order valence-electron chi connectivity index (χ4n) is 6.95. The van der Waals surface area contributed by atoms with Gasteiger partial charge in [0.1, 0.15) is 39.6 Å². The molecule has 5 aliphatic rings. The fraction of sp³-hybridized carbons (Fsp3) is 0.517. The van der Waals surface area contributed by atoms with E-state index in [2.05, 4.69) is 0 Å². The van der Waals surface area contributed by atoms with Crippen LogP contribution in [0.25, 0.3) is 11.0 Å². The lowest BCUT2D eigenvalue weighted by molar-refractivity contribution is -0.189. The first kappa shape index (κ1) is 24.4. The smallest absolute Gasteiger partial charge is 0.205 e. The maximum Gasteiger partial charge on any atom is 0.205 e. The zero-order valence-electron chi connectivity index (χ0n) is 22.1. The van der Waals surface area contributed by atoms with E-state index in [1.807, 2.05) is 33.8 Å². The quantitative estimate of drug-likeness (QED) is 0.580. The number of carbonyl (C=O) groups is 2. The highest BCUT2D eigenvalue weighted by atomic mass is 16.6. The van der Waals surface area contributed by atoms with E-state index in [0.29, 0.717) is 11.8 Å². The van der Waals surface area contributed by atoms with Crippen molar-refractivity contribution in [3.63, 3.8) is 0 Å². The Bertz CT molecular complexity index is 1460. The van der Waals surface area contributed by atoms with Gasteiger partial charge in [-0.1, -0.05) is 11.6 Å². The number of methoxy groups -OCH3 is 1. The number of hydrogen-bond donors (Lipinski definition) is 2. The minimum atomic E-state index is -1.52. The predicted octanol–water partition coefficient (Wildman–Crippen LogP) is 4.50. The summed E-state index contributed by atoms with van der Waals surface area (Å²) in [5.41, 5.74) is -4.91. The predicted molar refractivity (Wildman–Crippen MR) is 134 cm³/mol. The molecule has 1 saturated heterocycles. The number of ether oxygens (including phenoxy) is 3. The van der Waals surface area contributed by atoms with Gasteiger partial charge in [-0.2, -0.15) is 0 Å². The van der Waals surface area contributed by atoms with Crippen LogP contribution in [0.3, 0.4) is 0 Å². The van der Waals surface area contributed by atoms with Crippen molar-refractivity contribution in [1.29, 1.82) is 0 Å². The van der Waals surface area contributed by atoms with Gasteiger partial charge >= 0.3 is 0 Å². The summed E-state index contributed by atoms with van der Waals surface area (Å²) in [7, 11) is 1.47. The molecule has 1 saturated carbocycles. The molecule has 0 amide bonds. The number of furan rings is 1. The van der Waals surface area contributed by atoms with Crippen LogP contribution < -0.4 is 4.74 Å². The molecule has 37 heavy (non-hydrogen) atoms. The third kappa shape index (κ3) is 2.73. The summed E-state index contributed by atoms with van der Waals surface area (Å²) in [5.74, 6) is -1.03. The van der Waals surface area contributed by atoms with Crippen molar-refractivity contribution in [3.05, 3.63) is 46.8 Å². The number of allylic oxidation sites excluding steroid dienone is 1. The lowest BCUT2D eigenvalue weighted by atomic mass is 9.49. The molecular formula is C29H32O8. The molecule has 2 aromatic rings. The second-order valence-electron chi connectivity index (χ2n) is 12.1. The number of hydrogen-bond acceptors (Lipinski definition) is 8. The Morgan fingerprint density at radius 3 is 2.57 bits per heavy atom. The highest BCUT2D eigenvalue weighted by Gasteiger charge is 2.84. The van der Waals surface area contributed by atoms with E-state index in [1.165, 1.54) is 13.2 Å². The fourth-order valence-corrected chi connectivity index (χ4v) is 6.95. The standard InChI is InChI=1S/C29H32O8/c1-14(2)8-9-28-24(32)27(34-7)12-16-22(31)21-17(30)11-18-15(10-20(35-18)25(3,4)33)23(21)36-29(16,28)19(13-27)26(5,6)37-28/h8,10-12,19,30,33H,9,13H2,1-7H3/t19-,27+,28+,29-/m0/s1. The van der Waals surface area contributed by atoms with E-state index in [-0.39, 0.29) is 46.2 Å². The number of aliphatic hydroxyl groups is 1. The van der Waals surface area contributed by atoms with Crippen molar-refractivity contribution in [2.45, 2.75) is 82.4 Å². The van der Waals surface area contributed by atoms with Crippen LogP contribution in [0.1, 0.15) is 70.5 Å². The molecule has 4 atom stereocenters. The lowest BCUT2D eigenvalue weighted by Crippen LogP contribution is -2.77. The number of phenols is 1. The second-order valence-corrected chi connectivity index (χ2v) is 12.1. The second kappa shape index (κ2) is 6.92. The van der Waals surface area contributed by atoms with E-state index in [0.717, 1.165) is 5.57 Å². The van der Waals surface area contributed by atoms with Gasteiger partial charge < -0.3 is 28.8 Å². The van der Waals surface area contributed by atoms with Crippen LogP contribution in [0.15, 0.2) is 39.8 Å². The topological polar surface area (TPSA) is 115 Å². The molecule has 1 aromatic heterocycles. The SMILES string of the molecule is CO[C@]12C=C3C(=O)c4c(O)cc5oc(C(C)(C)O)cc5c4O[C@]34[C@@H](C1)C(C)(C)O[C@]4(CC=C(C)C)C2=O. The molecule has 3 aliphatic carbocycles. The van der Waals surface area contributed by atoms with Gasteiger partial charge in [0.05, 0.1) is 11.0 Å². The monoisotopic (exact) mass is 508 g/mol. The Kier molecular flexibility index (Phi) is 4.57. The summed E-state index contributed by atoms with van der Waals surface area (Å²) in [4.78, 5) is 28.6. The summed E-state index contributed by atoms with van der Waals surface area (Å²) in [5, 5.41) is 22.0. The van der Waals surface area contributed by atoms with Gasteiger partial charge in [0.15, 0.2) is 17.0 Å². The highest BCUT2D eigenvalue weighted by molar-refractivity contribution is 6.21. The summed E-state index contributed by atoms with van der Waals surface area (Å²) in [6.45, 7) is 10.9. The van der Waals surface area contributed by atoms with Crippen molar-refractivity contribution in [3.8, 4) is 11.5 Å². The van der Waals surface area contributed by atoms with Crippen molar-refractivity contribution in [2.24, 2.45) is 5.92 Å². The molecule has 196 valence electrons. The minimum Gasteiger partial charge on any atom is -0.507 e. The Balaban J connectivity index is 1.70. The van der Waals surface area contributed by atoms with Crippen LogP contribution in [0.4, 0.5) is 0 Å². The maximum absolute atomic E-state index is 14.3. The van der Waals surface area contributed by atoms with Crippen LogP contribution in [0.5, 0.6) is 11.5 Å². The van der Waals surface area contributed by atoms with E-state index < -0.39 is 39.7 Å². The Hall–Kier alpha value is -2.94. The van der Waals surface area contributed by atoms with E-state index in [9.17, 15) is 19.8 Å². The maximum atomic E-state index is 14.3. The molecule has 7 rings (SSSR count). The molecule has 0 unspecified atom stereocenters. The molecule has 2 fully saturated rings. The van der Waals surface area contributed by atoms with Crippen LogP contribution in [-0.2, 0) is 19.9 Å². The third-order valence-electron chi connectivity index (χ3n) is 8.66. The lowest BCUT2D eigenvalue weighted by Gasteiger charge is -2.59. The van der Waals surface area contributed by atoms with Crippen molar-refractivity contribution < 1.29 is 38.4 Å². The van der Waals surface area contributed by atoms with Gasteiger partial charge in [-0.15, -0.1) is 0 Å². The number of fused-ring (bicyclic) bond motifs is 3. The van der Waals surface area contributed by atoms with Crippen molar-refractivity contribution in [2.75, 3.05) is 7.11 Å². The van der Waals surface area contributed by atoms with Crippen molar-refractivity contribution in [1.82, 2.24) is 0 Å². The van der Waals surface area contributed by atoms with Gasteiger partial charge in [-0.05, 0) is 60.1 Å². The Labute approximate surface area is 214 Å². The number of benzene rings is 1. The van der Waals surface area contributed by atoms with Gasteiger partial charge in [0.2, 0.25) is 5.78 Å². The van der Waals surface area contributed by atoms with Gasteiger partial charge in [0, 0.05) is 31.1 Å². The summed E-state index contributed by atoms with van der Waals surface area (Å²) in [6, 6.07) is 2.98. The molecule has 8 nitrogen and oxygen atoms in total. The number of Topliss-reactive ketones (excluding diaryl/α,β-unsaturated/α-hetero) is 2. The van der Waals surface area contributed by atoms with Gasteiger partial charge in [-0.3, -0.25) is 9.59 Å². The minimum absolute atomic E-state index is 0.00621. The summed E-state index contributed by atoms with van der Waals surface area (Å²) < 4.78 is 25.3. The van der Waals surface area contributed by atoms with Crippen molar-refractivity contribution >= 4 is 22.5 Å². The van der Waals surface area contributed by atoms with Crippen LogP contribution in [-0.4, -0.2) is 51.3 Å². The van der Waals surface area contributed by atoms with Gasteiger partial charge in [0.25, 0.3) is 0 Å². The molecular weight excluding hydrogens is 476 g/mol. The number of phenolic OH excluding ortho intramolecular Hbond substituents is 1. The molecule has 4 bridgehead atoms. The zero-order chi connectivity index (χ0) is 26.9. The number of ketones is 2. The first-order valence-corrected chi connectivity index (χ1v) is 12.6. The first-order valence-electron chi connectivity index (χ1n) is 12.6. The average molecular weight is 509 g/mol. The molecule has 2 aliphatic heterocycles. The molecule has 2 N–H and O–H groups in total. The Morgan fingerprint density at radius 2 is 1.95 bits per heavy atom. The zero-order valence-corrected chi connectivity index (χ0v) is 22.1. The normalized spacial score (nSPS) is 33.2. The van der Waals surface area contributed by atoms with E-state index in [4.69, 9.17) is 18.6 Å². The van der Waals surface area contributed by atoms with Crippen LogP contribution in [0, 0.1) is 5.92 Å². The molecule has 0 radical (unpaired) electrons.